The van der Waals surface area contributed by atoms with Crippen molar-refractivity contribution in [2.75, 3.05) is 73.4 Å². The molecule has 10 rings (SSSR count). The SMILES string of the molecule is O=C1CCC(N2Cc3cc(N4CCC(CN5CCCN(c6ccc(-c7cnc8[nH]cc(C(=O)c9c(F)ccc(NS(=O)(=O)N%10CC[C@@H](F)C%10)c9F)c8c7)cc6)CC5)CC4)ccc3C2=O)C(=O)N1. The zero-order valence-corrected chi connectivity index (χ0v) is 37.5. The van der Waals surface area contributed by atoms with Gasteiger partial charge in [-0.25, -0.2) is 18.2 Å². The minimum Gasteiger partial charge on any atom is -0.372 e. The number of alkyl halides is 1. The number of aromatic nitrogens is 2. The van der Waals surface area contributed by atoms with Gasteiger partial charge in [0.05, 0.1) is 11.3 Å². The van der Waals surface area contributed by atoms with Crippen molar-refractivity contribution in [3.63, 3.8) is 0 Å². The van der Waals surface area contributed by atoms with Crippen molar-refractivity contribution in [2.45, 2.75) is 57.3 Å². The van der Waals surface area contributed by atoms with E-state index in [2.05, 4.69) is 48.2 Å². The maximum Gasteiger partial charge on any atom is 0.301 e. The fraction of sp³-hybridized carbons (Fsp3) is 0.396. The summed E-state index contributed by atoms with van der Waals surface area (Å²) in [6, 6.07) is 16.8. The summed E-state index contributed by atoms with van der Waals surface area (Å²) in [6.07, 6.45) is 5.34. The van der Waals surface area contributed by atoms with Crippen molar-refractivity contribution in [3.8, 4) is 11.1 Å². The second-order valence-electron chi connectivity index (χ2n) is 18.1. The van der Waals surface area contributed by atoms with Gasteiger partial charge in [-0.1, -0.05) is 12.1 Å². The highest BCUT2D eigenvalue weighted by atomic mass is 32.2. The minimum atomic E-state index is -4.36. The molecule has 7 heterocycles. The van der Waals surface area contributed by atoms with Crippen LogP contribution in [-0.4, -0.2) is 127 Å². The molecule has 2 aromatic heterocycles. The van der Waals surface area contributed by atoms with Gasteiger partial charge in [-0.05, 0) is 104 Å². The lowest BCUT2D eigenvalue weighted by Gasteiger charge is -2.36. The number of halogens is 3. The number of amides is 3. The number of carbonyl (C=O) groups is 4. The van der Waals surface area contributed by atoms with Gasteiger partial charge in [0, 0.05) is 111 Å². The fourth-order valence-electron chi connectivity index (χ4n) is 10.2. The number of hydrogen-bond donors (Lipinski definition) is 3. The molecule has 0 bridgehead atoms. The molecule has 5 aliphatic rings. The van der Waals surface area contributed by atoms with Crippen molar-refractivity contribution in [2.24, 2.45) is 5.92 Å². The summed E-state index contributed by atoms with van der Waals surface area (Å²) in [7, 11) is -4.36. The Kier molecular flexibility index (Phi) is 12.0. The van der Waals surface area contributed by atoms with Gasteiger partial charge < -0.3 is 24.6 Å². The zero-order chi connectivity index (χ0) is 46.6. The number of anilines is 3. The number of imide groups is 1. The molecule has 15 nitrogen and oxygen atoms in total. The van der Waals surface area contributed by atoms with Crippen molar-refractivity contribution in [1.82, 2.24) is 29.4 Å². The van der Waals surface area contributed by atoms with Gasteiger partial charge >= 0.3 is 10.2 Å². The van der Waals surface area contributed by atoms with Crippen molar-refractivity contribution in [3.05, 3.63) is 107 Å². The van der Waals surface area contributed by atoms with E-state index in [0.717, 1.165) is 104 Å². The molecule has 5 aliphatic heterocycles. The molecule has 4 fully saturated rings. The summed E-state index contributed by atoms with van der Waals surface area (Å²) in [5.41, 5.74) is 3.94. The largest absolute Gasteiger partial charge is 0.372 e. The Morgan fingerprint density at radius 3 is 2.37 bits per heavy atom. The first kappa shape index (κ1) is 44.5. The standard InChI is InChI=1S/C48H50F3N9O6S/c49-33-14-19-59(28-33)67(65,66)55-40-9-8-39(50)43(44(40)51)45(62)38-25-53-46-37(38)23-31(24-52-46)30-2-4-34(5-3-30)57-16-1-15-56(20-21-57)26-29-12-17-58(18-13-29)35-6-7-36-32(22-35)27-60(48(36)64)41-10-11-42(61)54-47(41)63/h2-9,22-25,29,33,41,55H,1,10-21,26-28H2,(H,52,53)(H,54,61,63)/t33-,41?/m1/s1. The second kappa shape index (κ2) is 18.1. The molecule has 5 aromatic rings. The predicted octanol–water partition coefficient (Wildman–Crippen LogP) is 5.63. The van der Waals surface area contributed by atoms with Crippen LogP contribution in [0.2, 0.25) is 0 Å². The van der Waals surface area contributed by atoms with Gasteiger partial charge in [0.25, 0.3) is 5.91 Å². The monoisotopic (exact) mass is 937 g/mol. The van der Waals surface area contributed by atoms with E-state index >= 15 is 8.78 Å². The minimum absolute atomic E-state index is 0.00344. The summed E-state index contributed by atoms with van der Waals surface area (Å²) in [5, 5.41) is 2.70. The first-order valence-electron chi connectivity index (χ1n) is 22.8. The van der Waals surface area contributed by atoms with Crippen molar-refractivity contribution in [1.29, 1.82) is 0 Å². The molecule has 2 atom stereocenters. The van der Waals surface area contributed by atoms with Crippen LogP contribution in [-0.2, 0) is 26.3 Å². The third-order valence-corrected chi connectivity index (χ3v) is 15.4. The number of pyridine rings is 1. The van der Waals surface area contributed by atoms with Gasteiger partial charge in [0.15, 0.2) is 5.82 Å². The maximum absolute atomic E-state index is 15.8. The van der Waals surface area contributed by atoms with Crippen molar-refractivity contribution >= 4 is 61.8 Å². The Bertz CT molecular complexity index is 2890. The van der Waals surface area contributed by atoms with Crippen LogP contribution in [0, 0.1) is 17.6 Å². The molecule has 67 heavy (non-hydrogen) atoms. The highest BCUT2D eigenvalue weighted by molar-refractivity contribution is 7.90. The summed E-state index contributed by atoms with van der Waals surface area (Å²) in [6.45, 7) is 6.48. The number of nitrogens with zero attached hydrogens (tertiary/aromatic N) is 6. The number of piperidine rings is 2. The molecular weight excluding hydrogens is 888 g/mol. The van der Waals surface area contributed by atoms with Crippen LogP contribution < -0.4 is 19.8 Å². The Balaban J connectivity index is 0.740. The highest BCUT2D eigenvalue weighted by Gasteiger charge is 2.40. The number of carbonyl (C=O) groups excluding carboxylic acids is 4. The quantitative estimate of drug-likeness (QED) is 0.111. The summed E-state index contributed by atoms with van der Waals surface area (Å²) >= 11 is 0. The van der Waals surface area contributed by atoms with Crippen LogP contribution in [0.4, 0.5) is 30.2 Å². The molecule has 350 valence electrons. The molecule has 4 saturated heterocycles. The molecule has 3 aromatic carbocycles. The molecule has 0 aliphatic carbocycles. The molecule has 0 saturated carbocycles. The van der Waals surface area contributed by atoms with Gasteiger partial charge in [0.1, 0.15) is 23.7 Å². The smallest absolute Gasteiger partial charge is 0.301 e. The first-order chi connectivity index (χ1) is 32.3. The number of nitrogens with one attached hydrogen (secondary N) is 3. The zero-order valence-electron chi connectivity index (χ0n) is 36.6. The maximum atomic E-state index is 15.8. The number of H-pyrrole nitrogens is 1. The van der Waals surface area contributed by atoms with Crippen LogP contribution >= 0.6 is 0 Å². The summed E-state index contributed by atoms with van der Waals surface area (Å²) in [4.78, 5) is 67.4. The molecule has 1 unspecified atom stereocenters. The Labute approximate surface area is 385 Å². The lowest BCUT2D eigenvalue weighted by atomic mass is 9.95. The second-order valence-corrected chi connectivity index (χ2v) is 19.8. The molecule has 3 amide bonds. The van der Waals surface area contributed by atoms with E-state index in [1.54, 1.807) is 17.2 Å². The predicted molar refractivity (Wildman–Crippen MR) is 246 cm³/mol. The van der Waals surface area contributed by atoms with Gasteiger partial charge in [-0.2, -0.15) is 12.7 Å². The van der Waals surface area contributed by atoms with E-state index in [9.17, 15) is 32.0 Å². The van der Waals surface area contributed by atoms with Crippen LogP contribution in [0.5, 0.6) is 0 Å². The molecular formula is C48H50F3N9O6S. The molecule has 0 radical (unpaired) electrons. The molecule has 3 N–H and O–H groups in total. The van der Waals surface area contributed by atoms with Crippen LogP contribution in [0.25, 0.3) is 22.2 Å². The normalized spacial score (nSPS) is 21.2. The summed E-state index contributed by atoms with van der Waals surface area (Å²) < 4.78 is 73.2. The van der Waals surface area contributed by atoms with E-state index in [4.69, 9.17) is 0 Å². The summed E-state index contributed by atoms with van der Waals surface area (Å²) in [5.74, 6) is -3.85. The first-order valence-corrected chi connectivity index (χ1v) is 24.3. The Morgan fingerprint density at radius 2 is 1.61 bits per heavy atom. The third-order valence-electron chi connectivity index (χ3n) is 13.9. The number of rotatable bonds is 11. The lowest BCUT2D eigenvalue weighted by Crippen LogP contribution is -2.52. The van der Waals surface area contributed by atoms with E-state index in [-0.39, 0.29) is 43.3 Å². The Morgan fingerprint density at radius 1 is 0.836 bits per heavy atom. The van der Waals surface area contributed by atoms with E-state index in [1.807, 2.05) is 29.0 Å². The van der Waals surface area contributed by atoms with Gasteiger partial charge in [0.2, 0.25) is 17.6 Å². The molecule has 19 heteroatoms. The van der Waals surface area contributed by atoms with Gasteiger partial charge in [-0.15, -0.1) is 0 Å². The highest BCUT2D eigenvalue weighted by Crippen LogP contribution is 2.34. The number of benzene rings is 3. The Hall–Kier alpha value is -6.31. The number of ketones is 1. The fourth-order valence-corrected chi connectivity index (χ4v) is 11.5. The van der Waals surface area contributed by atoms with Crippen LogP contribution in [0.1, 0.15) is 70.4 Å². The topological polar surface area (TPSA) is 171 Å². The van der Waals surface area contributed by atoms with Crippen LogP contribution in [0.15, 0.2) is 73.1 Å². The molecule has 0 spiro atoms. The number of fused-ring (bicyclic) bond motifs is 2. The lowest BCUT2D eigenvalue weighted by molar-refractivity contribution is -0.136. The van der Waals surface area contributed by atoms with E-state index in [1.165, 1.54) is 6.20 Å². The average molecular weight is 938 g/mol. The average Bonchev–Trinajstić information content (AvgIpc) is 4.00. The van der Waals surface area contributed by atoms with Crippen molar-refractivity contribution < 1.29 is 40.8 Å². The van der Waals surface area contributed by atoms with E-state index in [0.29, 0.717) is 41.0 Å². The number of aromatic amines is 1. The van der Waals surface area contributed by atoms with Gasteiger partial charge in [-0.3, -0.25) is 29.2 Å². The van der Waals surface area contributed by atoms with Crippen LogP contribution in [0.3, 0.4) is 0 Å². The van der Waals surface area contributed by atoms with E-state index < -0.39 is 57.0 Å². The number of hydrogen-bond acceptors (Lipinski definition) is 10. The third kappa shape index (κ3) is 8.87.